The van der Waals surface area contributed by atoms with Gasteiger partial charge in [-0.15, -0.1) is 11.3 Å². The molecule has 2 amide bonds. The molecule has 1 aromatic carbocycles. The third kappa shape index (κ3) is 6.57. The lowest BCUT2D eigenvalue weighted by atomic mass is 10.1. The normalized spacial score (nSPS) is 15.6. The lowest BCUT2D eigenvalue weighted by Crippen LogP contribution is -2.29. The Morgan fingerprint density at radius 1 is 1.22 bits per heavy atom. The molecule has 0 unspecified atom stereocenters. The molecule has 1 fully saturated rings. The molecule has 4 nitrogen and oxygen atoms in total. The van der Waals surface area contributed by atoms with Gasteiger partial charge in [0.05, 0.1) is 15.5 Å². The van der Waals surface area contributed by atoms with Crippen LogP contribution in [0.1, 0.15) is 36.1 Å². The number of nitrogens with zero attached hydrogens (tertiary/aromatic N) is 1. The summed E-state index contributed by atoms with van der Waals surface area (Å²) in [6, 6.07) is 7.09. The third-order valence-electron chi connectivity index (χ3n) is 4.53. The fourth-order valence-corrected chi connectivity index (χ4v) is 5.23. The fraction of sp³-hybridized carbons (Fsp3) is 0.286. The van der Waals surface area contributed by atoms with E-state index in [1.54, 1.807) is 16.2 Å². The first kappa shape index (κ1) is 24.8. The maximum absolute atomic E-state index is 12.9. The number of halogens is 4. The second kappa shape index (κ2) is 10.8. The highest BCUT2D eigenvalue weighted by atomic mass is 35.5. The molecule has 0 radical (unpaired) electrons. The number of nitrogens with one attached hydrogen (secondary N) is 1. The van der Waals surface area contributed by atoms with Crippen molar-refractivity contribution in [1.29, 1.82) is 0 Å². The SMILES string of the molecule is O=C(CCCCCN1C(=O)/C(=C/c2cccs2)SC1=S)Nc1ccc(Cl)c(C(F)(F)F)c1. The molecule has 2 heterocycles. The molecule has 1 N–H and O–H groups in total. The van der Waals surface area contributed by atoms with Crippen LogP contribution in [0.2, 0.25) is 5.02 Å². The van der Waals surface area contributed by atoms with Gasteiger partial charge in [0.25, 0.3) is 5.91 Å². The predicted octanol–water partition coefficient (Wildman–Crippen LogP) is 6.82. The number of amides is 2. The second-order valence-corrected chi connectivity index (χ2v) is 9.96. The Kier molecular flexibility index (Phi) is 8.37. The lowest BCUT2D eigenvalue weighted by molar-refractivity contribution is -0.137. The maximum atomic E-state index is 12.9. The molecular weight excluding hydrogens is 501 g/mol. The number of hydrogen-bond acceptors (Lipinski definition) is 5. The van der Waals surface area contributed by atoms with Crippen LogP contribution >= 0.6 is 46.9 Å². The van der Waals surface area contributed by atoms with Gasteiger partial charge in [-0.05, 0) is 48.6 Å². The Labute approximate surface area is 201 Å². The number of thiocarbonyl (C=S) groups is 1. The van der Waals surface area contributed by atoms with Gasteiger partial charge in [0.1, 0.15) is 4.32 Å². The van der Waals surface area contributed by atoms with E-state index >= 15 is 0 Å². The number of anilines is 1. The van der Waals surface area contributed by atoms with Crippen LogP contribution in [-0.4, -0.2) is 27.6 Å². The van der Waals surface area contributed by atoms with Crippen molar-refractivity contribution in [1.82, 2.24) is 4.90 Å². The molecule has 1 aliphatic rings. The van der Waals surface area contributed by atoms with E-state index in [1.165, 1.54) is 17.8 Å². The Morgan fingerprint density at radius 3 is 2.69 bits per heavy atom. The first-order valence-electron chi connectivity index (χ1n) is 9.60. The summed E-state index contributed by atoms with van der Waals surface area (Å²) in [6.45, 7) is 0.459. The minimum absolute atomic E-state index is 0.0434. The number of carbonyl (C=O) groups excluding carboxylic acids is 2. The van der Waals surface area contributed by atoms with Gasteiger partial charge in [-0.2, -0.15) is 13.2 Å². The fourth-order valence-electron chi connectivity index (χ4n) is 2.97. The molecule has 3 rings (SSSR count). The number of rotatable bonds is 8. The molecule has 32 heavy (non-hydrogen) atoms. The molecule has 1 saturated heterocycles. The van der Waals surface area contributed by atoms with Crippen molar-refractivity contribution in [3.8, 4) is 0 Å². The van der Waals surface area contributed by atoms with E-state index in [0.29, 0.717) is 35.0 Å². The molecule has 170 valence electrons. The topological polar surface area (TPSA) is 49.4 Å². The van der Waals surface area contributed by atoms with E-state index in [-0.39, 0.29) is 23.9 Å². The van der Waals surface area contributed by atoms with Crippen LogP contribution in [0.3, 0.4) is 0 Å². The van der Waals surface area contributed by atoms with Crippen LogP contribution in [-0.2, 0) is 15.8 Å². The number of thiophene rings is 1. The number of unbranched alkanes of at least 4 members (excludes halogenated alkanes) is 2. The van der Waals surface area contributed by atoms with Crippen LogP contribution in [0, 0.1) is 0 Å². The quantitative estimate of drug-likeness (QED) is 0.236. The molecule has 0 spiro atoms. The summed E-state index contributed by atoms with van der Waals surface area (Å²) in [5, 5.41) is 3.98. The molecule has 2 aromatic rings. The molecule has 0 bridgehead atoms. The molecule has 1 aliphatic heterocycles. The van der Waals surface area contributed by atoms with E-state index < -0.39 is 16.8 Å². The monoisotopic (exact) mass is 518 g/mol. The van der Waals surface area contributed by atoms with Crippen LogP contribution < -0.4 is 5.32 Å². The molecule has 0 saturated carbocycles. The Balaban J connectivity index is 1.42. The zero-order valence-electron chi connectivity index (χ0n) is 16.6. The number of carbonyl (C=O) groups is 2. The van der Waals surface area contributed by atoms with Crippen molar-refractivity contribution in [3.63, 3.8) is 0 Å². The minimum Gasteiger partial charge on any atom is -0.326 e. The van der Waals surface area contributed by atoms with E-state index in [4.69, 9.17) is 23.8 Å². The average Bonchev–Trinajstić information content (AvgIpc) is 3.32. The van der Waals surface area contributed by atoms with Gasteiger partial charge in [0.15, 0.2) is 0 Å². The van der Waals surface area contributed by atoms with Crippen LogP contribution in [0.15, 0.2) is 40.6 Å². The van der Waals surface area contributed by atoms with E-state index in [1.807, 2.05) is 23.6 Å². The van der Waals surface area contributed by atoms with Crippen molar-refractivity contribution in [2.75, 3.05) is 11.9 Å². The van der Waals surface area contributed by atoms with Crippen LogP contribution in [0.25, 0.3) is 6.08 Å². The Bertz CT molecular complexity index is 1040. The molecule has 1 aromatic heterocycles. The van der Waals surface area contributed by atoms with Gasteiger partial charge >= 0.3 is 6.18 Å². The maximum Gasteiger partial charge on any atom is 0.417 e. The molecule has 11 heteroatoms. The summed E-state index contributed by atoms with van der Waals surface area (Å²) in [5.41, 5.74) is -0.949. The van der Waals surface area contributed by atoms with Gasteiger partial charge in [-0.25, -0.2) is 0 Å². The number of thioether (sulfide) groups is 1. The first-order chi connectivity index (χ1) is 15.1. The number of alkyl halides is 3. The summed E-state index contributed by atoms with van der Waals surface area (Å²) >= 11 is 13.7. The van der Waals surface area contributed by atoms with Crippen molar-refractivity contribution >= 4 is 74.8 Å². The molecule has 0 aliphatic carbocycles. The van der Waals surface area contributed by atoms with Crippen LogP contribution in [0.4, 0.5) is 18.9 Å². The minimum atomic E-state index is -4.59. The van der Waals surface area contributed by atoms with Crippen molar-refractivity contribution in [3.05, 3.63) is 56.1 Å². The molecule has 0 atom stereocenters. The van der Waals surface area contributed by atoms with E-state index in [2.05, 4.69) is 5.32 Å². The van der Waals surface area contributed by atoms with E-state index in [9.17, 15) is 22.8 Å². The number of hydrogen-bond donors (Lipinski definition) is 1. The van der Waals surface area contributed by atoms with Gasteiger partial charge in [-0.3, -0.25) is 14.5 Å². The average molecular weight is 519 g/mol. The summed E-state index contributed by atoms with van der Waals surface area (Å²) < 4.78 is 39.3. The second-order valence-electron chi connectivity index (χ2n) is 6.90. The largest absolute Gasteiger partial charge is 0.417 e. The van der Waals surface area contributed by atoms with Crippen LogP contribution in [0.5, 0.6) is 0 Å². The highest BCUT2D eigenvalue weighted by Crippen LogP contribution is 2.36. The Morgan fingerprint density at radius 2 is 2.00 bits per heavy atom. The van der Waals surface area contributed by atoms with Gasteiger partial charge < -0.3 is 5.32 Å². The number of benzene rings is 1. The summed E-state index contributed by atoms with van der Waals surface area (Å²) in [5.74, 6) is -0.501. The van der Waals surface area contributed by atoms with Gasteiger partial charge in [0, 0.05) is 23.5 Å². The third-order valence-corrected chi connectivity index (χ3v) is 7.06. The molecular formula is C21H18ClF3N2O2S3. The zero-order chi connectivity index (χ0) is 23.3. The van der Waals surface area contributed by atoms with E-state index in [0.717, 1.165) is 17.0 Å². The summed E-state index contributed by atoms with van der Waals surface area (Å²) in [6.07, 6.45) is -0.752. The van der Waals surface area contributed by atoms with Crippen molar-refractivity contribution in [2.24, 2.45) is 0 Å². The zero-order valence-corrected chi connectivity index (χ0v) is 19.8. The van der Waals surface area contributed by atoms with Gasteiger partial charge in [0.2, 0.25) is 5.91 Å². The Hall–Kier alpha value is -1.88. The highest BCUT2D eigenvalue weighted by molar-refractivity contribution is 8.26. The van der Waals surface area contributed by atoms with Crippen molar-refractivity contribution in [2.45, 2.75) is 31.9 Å². The van der Waals surface area contributed by atoms with Gasteiger partial charge in [-0.1, -0.05) is 48.1 Å². The smallest absolute Gasteiger partial charge is 0.326 e. The first-order valence-corrected chi connectivity index (χ1v) is 12.1. The summed E-state index contributed by atoms with van der Waals surface area (Å²) in [7, 11) is 0. The standard InChI is InChI=1S/C21H18ClF3N2O2S3/c22-16-8-7-13(11-15(16)21(23,24)25)26-18(28)6-2-1-3-9-27-19(29)17(32-20(27)30)12-14-5-4-10-31-14/h4-5,7-8,10-12H,1-3,6,9H2,(H,26,28)/b17-12-. The lowest BCUT2D eigenvalue weighted by Gasteiger charge is -2.14. The highest BCUT2D eigenvalue weighted by Gasteiger charge is 2.33. The summed E-state index contributed by atoms with van der Waals surface area (Å²) in [4.78, 5) is 27.7. The predicted molar refractivity (Wildman–Crippen MR) is 128 cm³/mol. The van der Waals surface area contributed by atoms with Crippen molar-refractivity contribution < 1.29 is 22.8 Å².